The number of halogens is 1. The first-order valence-corrected chi connectivity index (χ1v) is 9.50. The average molecular weight is 375 g/mol. The molecule has 7 nitrogen and oxygen atoms in total. The Hall–Kier alpha value is -1.96. The molecule has 26 heavy (non-hydrogen) atoms. The molecule has 0 radical (unpaired) electrons. The fraction of sp³-hybridized carbons (Fsp3) is 0.500. The van der Waals surface area contributed by atoms with Gasteiger partial charge in [0.15, 0.2) is 5.69 Å². The van der Waals surface area contributed by atoms with Crippen LogP contribution in [0, 0.1) is 0 Å². The van der Waals surface area contributed by atoms with Crippen LogP contribution in [0.3, 0.4) is 0 Å². The number of aromatic nitrogens is 3. The summed E-state index contributed by atoms with van der Waals surface area (Å²) in [6.45, 7) is 4.06. The molecule has 2 aliphatic rings. The molecule has 1 aromatic heterocycles. The molecular formula is C18H23ClN6O. The fourth-order valence-corrected chi connectivity index (χ4v) is 3.93. The third-order valence-corrected chi connectivity index (χ3v) is 5.39. The summed E-state index contributed by atoms with van der Waals surface area (Å²) in [6.07, 6.45) is 3.82. The SMILES string of the molecule is O=C(c1cn(C2CCNCC2)nn1)N1CCNCC1c1cccc(Cl)c1. The number of hydrogen-bond acceptors (Lipinski definition) is 5. The summed E-state index contributed by atoms with van der Waals surface area (Å²) in [6, 6.07) is 7.96. The maximum Gasteiger partial charge on any atom is 0.276 e. The zero-order chi connectivity index (χ0) is 17.9. The van der Waals surface area contributed by atoms with Crippen LogP contribution in [0.25, 0.3) is 0 Å². The highest BCUT2D eigenvalue weighted by Crippen LogP contribution is 2.26. The number of amides is 1. The van der Waals surface area contributed by atoms with E-state index in [0.29, 0.717) is 29.8 Å². The first-order chi connectivity index (χ1) is 12.7. The number of benzene rings is 1. The van der Waals surface area contributed by atoms with Crippen LogP contribution in [0.1, 0.15) is 41.0 Å². The number of piperidine rings is 1. The van der Waals surface area contributed by atoms with Crippen molar-refractivity contribution in [3.63, 3.8) is 0 Å². The zero-order valence-corrected chi connectivity index (χ0v) is 15.3. The van der Waals surface area contributed by atoms with Gasteiger partial charge in [-0.05, 0) is 43.6 Å². The van der Waals surface area contributed by atoms with E-state index in [2.05, 4.69) is 20.9 Å². The van der Waals surface area contributed by atoms with E-state index in [-0.39, 0.29) is 11.9 Å². The van der Waals surface area contributed by atoms with Gasteiger partial charge in [0.2, 0.25) is 0 Å². The average Bonchev–Trinajstić information content (AvgIpc) is 3.18. The molecule has 2 fully saturated rings. The van der Waals surface area contributed by atoms with Crippen molar-refractivity contribution in [2.45, 2.75) is 24.9 Å². The fourth-order valence-electron chi connectivity index (χ4n) is 3.73. The van der Waals surface area contributed by atoms with E-state index in [9.17, 15) is 4.79 Å². The lowest BCUT2D eigenvalue weighted by Crippen LogP contribution is -2.48. The van der Waals surface area contributed by atoms with Crippen LogP contribution < -0.4 is 10.6 Å². The van der Waals surface area contributed by atoms with Gasteiger partial charge < -0.3 is 15.5 Å². The van der Waals surface area contributed by atoms with Crippen LogP contribution in [0.15, 0.2) is 30.5 Å². The normalized spacial score (nSPS) is 21.7. The molecule has 4 rings (SSSR count). The van der Waals surface area contributed by atoms with Gasteiger partial charge in [0.05, 0.1) is 18.3 Å². The molecule has 2 aliphatic heterocycles. The first-order valence-electron chi connectivity index (χ1n) is 9.12. The lowest BCUT2D eigenvalue weighted by Gasteiger charge is -2.36. The molecule has 2 saturated heterocycles. The van der Waals surface area contributed by atoms with E-state index in [1.807, 2.05) is 33.8 Å². The molecule has 0 aliphatic carbocycles. The molecule has 0 spiro atoms. The Balaban J connectivity index is 1.54. The van der Waals surface area contributed by atoms with Crippen molar-refractivity contribution in [3.8, 4) is 0 Å². The topological polar surface area (TPSA) is 75.1 Å². The van der Waals surface area contributed by atoms with Gasteiger partial charge in [0.1, 0.15) is 0 Å². The summed E-state index contributed by atoms with van der Waals surface area (Å²) in [4.78, 5) is 15.0. The van der Waals surface area contributed by atoms with Crippen molar-refractivity contribution in [2.24, 2.45) is 0 Å². The Labute approximate surface area is 157 Å². The molecule has 1 unspecified atom stereocenters. The van der Waals surface area contributed by atoms with E-state index in [1.54, 1.807) is 6.20 Å². The minimum absolute atomic E-state index is 0.0565. The van der Waals surface area contributed by atoms with Gasteiger partial charge in [-0.1, -0.05) is 28.9 Å². The maximum atomic E-state index is 13.1. The van der Waals surface area contributed by atoms with Crippen molar-refractivity contribution in [1.82, 2.24) is 30.5 Å². The van der Waals surface area contributed by atoms with E-state index >= 15 is 0 Å². The largest absolute Gasteiger partial charge is 0.328 e. The molecule has 138 valence electrons. The smallest absolute Gasteiger partial charge is 0.276 e. The summed E-state index contributed by atoms with van der Waals surface area (Å²) in [5.41, 5.74) is 1.45. The minimum Gasteiger partial charge on any atom is -0.328 e. The van der Waals surface area contributed by atoms with Gasteiger partial charge >= 0.3 is 0 Å². The number of carbonyl (C=O) groups is 1. The number of nitrogens with zero attached hydrogens (tertiary/aromatic N) is 4. The van der Waals surface area contributed by atoms with Crippen LogP contribution in [-0.4, -0.2) is 58.5 Å². The number of rotatable bonds is 3. The Morgan fingerprint density at radius 1 is 1.19 bits per heavy atom. The third-order valence-electron chi connectivity index (χ3n) is 5.15. The van der Waals surface area contributed by atoms with E-state index < -0.39 is 0 Å². The number of nitrogens with one attached hydrogen (secondary N) is 2. The molecule has 0 bridgehead atoms. The zero-order valence-electron chi connectivity index (χ0n) is 14.6. The summed E-state index contributed by atoms with van der Waals surface area (Å²) in [7, 11) is 0. The van der Waals surface area contributed by atoms with Crippen molar-refractivity contribution >= 4 is 17.5 Å². The number of carbonyl (C=O) groups excluding carboxylic acids is 1. The van der Waals surface area contributed by atoms with E-state index in [0.717, 1.165) is 38.0 Å². The van der Waals surface area contributed by atoms with Gasteiger partial charge in [0.25, 0.3) is 5.91 Å². The monoisotopic (exact) mass is 374 g/mol. The second-order valence-electron chi connectivity index (χ2n) is 6.84. The maximum absolute atomic E-state index is 13.1. The highest BCUT2D eigenvalue weighted by Gasteiger charge is 2.30. The summed E-state index contributed by atoms with van der Waals surface area (Å²) >= 11 is 6.14. The van der Waals surface area contributed by atoms with Crippen LogP contribution in [0.2, 0.25) is 5.02 Å². The molecule has 2 N–H and O–H groups in total. The Morgan fingerprint density at radius 3 is 2.85 bits per heavy atom. The van der Waals surface area contributed by atoms with Crippen molar-refractivity contribution in [1.29, 1.82) is 0 Å². The van der Waals surface area contributed by atoms with Crippen LogP contribution >= 0.6 is 11.6 Å². The van der Waals surface area contributed by atoms with Crippen LogP contribution in [0.4, 0.5) is 0 Å². The highest BCUT2D eigenvalue weighted by molar-refractivity contribution is 6.30. The molecule has 2 aromatic rings. The predicted molar refractivity (Wildman–Crippen MR) is 99.3 cm³/mol. The van der Waals surface area contributed by atoms with E-state index in [1.165, 1.54) is 0 Å². The van der Waals surface area contributed by atoms with Crippen LogP contribution in [-0.2, 0) is 0 Å². The number of hydrogen-bond donors (Lipinski definition) is 2. The van der Waals surface area contributed by atoms with E-state index in [4.69, 9.17) is 11.6 Å². The molecule has 1 atom stereocenters. The van der Waals surface area contributed by atoms with Crippen molar-refractivity contribution < 1.29 is 4.79 Å². The van der Waals surface area contributed by atoms with Gasteiger partial charge in [-0.15, -0.1) is 5.10 Å². The van der Waals surface area contributed by atoms with Crippen molar-refractivity contribution in [3.05, 3.63) is 46.7 Å². The molecule has 1 aromatic carbocycles. The quantitative estimate of drug-likeness (QED) is 0.854. The first kappa shape index (κ1) is 17.5. The Kier molecular flexibility index (Phi) is 5.19. The van der Waals surface area contributed by atoms with Gasteiger partial charge in [-0.25, -0.2) is 4.68 Å². The van der Waals surface area contributed by atoms with Gasteiger partial charge in [0, 0.05) is 24.7 Å². The predicted octanol–water partition coefficient (Wildman–Crippen LogP) is 1.64. The third kappa shape index (κ3) is 3.60. The summed E-state index contributed by atoms with van der Waals surface area (Å²) in [5, 5.41) is 15.8. The number of piperazine rings is 1. The van der Waals surface area contributed by atoms with Crippen molar-refractivity contribution in [2.75, 3.05) is 32.7 Å². The second-order valence-corrected chi connectivity index (χ2v) is 7.27. The molecule has 0 saturated carbocycles. The van der Waals surface area contributed by atoms with Gasteiger partial charge in [-0.2, -0.15) is 0 Å². The lowest BCUT2D eigenvalue weighted by molar-refractivity contribution is 0.0628. The minimum atomic E-state index is -0.0725. The summed E-state index contributed by atoms with van der Waals surface area (Å²) < 4.78 is 1.85. The Morgan fingerprint density at radius 2 is 2.04 bits per heavy atom. The highest BCUT2D eigenvalue weighted by atomic mass is 35.5. The molecular weight excluding hydrogens is 352 g/mol. The standard InChI is InChI=1S/C18H23ClN6O/c19-14-3-1-2-13(10-14)17-11-21-8-9-24(17)18(26)16-12-25(23-22-16)15-4-6-20-7-5-15/h1-3,10,12,15,17,20-21H,4-9,11H2. The summed E-state index contributed by atoms with van der Waals surface area (Å²) in [5.74, 6) is -0.0725. The second kappa shape index (κ2) is 7.73. The molecule has 8 heteroatoms. The molecule has 3 heterocycles. The van der Waals surface area contributed by atoms with Gasteiger partial charge in [-0.3, -0.25) is 4.79 Å². The lowest BCUT2D eigenvalue weighted by atomic mass is 10.0. The Bertz CT molecular complexity index is 773. The van der Waals surface area contributed by atoms with Crippen LogP contribution in [0.5, 0.6) is 0 Å². The molecule has 1 amide bonds.